The monoisotopic (exact) mass is 346 g/mol. The Kier molecular flexibility index (Phi) is 6.64. The first-order chi connectivity index (χ1) is 11.4. The number of aryl methyl sites for hydroxylation is 4. The molecule has 0 amide bonds. The minimum Gasteiger partial charge on any atom is -0.438 e. The number of halogens is 1. The number of benzene rings is 1. The highest BCUT2D eigenvalue weighted by molar-refractivity contribution is 6.30. The second kappa shape index (κ2) is 8.50. The molecule has 1 aromatic heterocycles. The largest absolute Gasteiger partial charge is 0.438 e. The van der Waals surface area contributed by atoms with E-state index in [-0.39, 0.29) is 0 Å². The zero-order chi connectivity index (χ0) is 17.7. The van der Waals surface area contributed by atoms with Crippen LogP contribution >= 0.6 is 11.6 Å². The molecule has 3 nitrogen and oxygen atoms in total. The topological polar surface area (TPSA) is 48.1 Å². The van der Waals surface area contributed by atoms with Crippen molar-refractivity contribution in [1.82, 2.24) is 4.98 Å². The van der Waals surface area contributed by atoms with Crippen molar-refractivity contribution in [2.24, 2.45) is 5.73 Å². The van der Waals surface area contributed by atoms with Crippen molar-refractivity contribution in [2.45, 2.75) is 53.4 Å². The van der Waals surface area contributed by atoms with E-state index in [2.05, 4.69) is 18.0 Å². The smallest absolute Gasteiger partial charge is 0.222 e. The normalized spacial score (nSPS) is 10.9. The molecule has 0 bridgehead atoms. The van der Waals surface area contributed by atoms with Crippen molar-refractivity contribution in [3.05, 3.63) is 51.2 Å². The van der Waals surface area contributed by atoms with E-state index < -0.39 is 0 Å². The van der Waals surface area contributed by atoms with Gasteiger partial charge in [-0.2, -0.15) is 0 Å². The van der Waals surface area contributed by atoms with Crippen molar-refractivity contribution < 1.29 is 4.74 Å². The fourth-order valence-corrected chi connectivity index (χ4v) is 3.25. The third kappa shape index (κ3) is 4.71. The molecule has 0 saturated carbocycles. The van der Waals surface area contributed by atoms with Gasteiger partial charge < -0.3 is 10.5 Å². The minimum absolute atomic E-state index is 0.692. The fraction of sp³-hybridized carbons (Fsp3) is 0.450. The van der Waals surface area contributed by atoms with Gasteiger partial charge in [-0.1, -0.05) is 18.0 Å². The van der Waals surface area contributed by atoms with Crippen LogP contribution < -0.4 is 10.5 Å². The van der Waals surface area contributed by atoms with E-state index in [0.717, 1.165) is 65.4 Å². The van der Waals surface area contributed by atoms with Crippen LogP contribution in [0.15, 0.2) is 18.2 Å². The van der Waals surface area contributed by atoms with E-state index in [1.54, 1.807) is 0 Å². The summed E-state index contributed by atoms with van der Waals surface area (Å²) in [5.74, 6) is 1.53. The van der Waals surface area contributed by atoms with Crippen LogP contribution in [0.5, 0.6) is 11.6 Å². The number of nitrogens with zero attached hydrogens (tertiary/aromatic N) is 1. The molecule has 0 radical (unpaired) electrons. The molecule has 0 aliphatic rings. The van der Waals surface area contributed by atoms with Gasteiger partial charge in [-0.3, -0.25) is 0 Å². The molecule has 0 spiro atoms. The highest BCUT2D eigenvalue weighted by Gasteiger charge is 2.13. The number of aromatic nitrogens is 1. The van der Waals surface area contributed by atoms with Gasteiger partial charge in [0.25, 0.3) is 0 Å². The summed E-state index contributed by atoms with van der Waals surface area (Å²) in [5.41, 5.74) is 11.0. The van der Waals surface area contributed by atoms with Crippen LogP contribution in [-0.4, -0.2) is 11.5 Å². The van der Waals surface area contributed by atoms with Gasteiger partial charge in [0.05, 0.1) is 0 Å². The van der Waals surface area contributed by atoms with Crippen LogP contribution in [-0.2, 0) is 6.42 Å². The summed E-state index contributed by atoms with van der Waals surface area (Å²) in [7, 11) is 0. The molecule has 1 aromatic carbocycles. The Labute approximate surface area is 150 Å². The van der Waals surface area contributed by atoms with Crippen LogP contribution in [0.25, 0.3) is 0 Å². The molecule has 0 fully saturated rings. The van der Waals surface area contributed by atoms with Crippen molar-refractivity contribution in [3.63, 3.8) is 0 Å². The maximum Gasteiger partial charge on any atom is 0.222 e. The quantitative estimate of drug-likeness (QED) is 0.680. The molecule has 0 atom stereocenters. The summed E-state index contributed by atoms with van der Waals surface area (Å²) < 4.78 is 6.18. The van der Waals surface area contributed by atoms with Gasteiger partial charge in [-0.15, -0.1) is 0 Å². The van der Waals surface area contributed by atoms with E-state index in [1.165, 1.54) is 5.56 Å². The Hall–Kier alpha value is -1.58. The number of pyridine rings is 1. The lowest BCUT2D eigenvalue weighted by Gasteiger charge is -2.16. The molecule has 0 saturated heterocycles. The predicted molar refractivity (Wildman–Crippen MR) is 101 cm³/mol. The van der Waals surface area contributed by atoms with Crippen molar-refractivity contribution in [2.75, 3.05) is 6.54 Å². The lowest BCUT2D eigenvalue weighted by Crippen LogP contribution is -2.02. The number of rotatable bonds is 7. The maximum atomic E-state index is 6.18. The van der Waals surface area contributed by atoms with Crippen molar-refractivity contribution in [1.29, 1.82) is 0 Å². The Morgan fingerprint density at radius 1 is 1.00 bits per heavy atom. The molecule has 0 aliphatic heterocycles. The third-order valence-corrected chi connectivity index (χ3v) is 4.46. The lowest BCUT2D eigenvalue weighted by atomic mass is 10.0. The first-order valence-corrected chi connectivity index (χ1v) is 8.92. The number of hydrogen-bond acceptors (Lipinski definition) is 3. The third-order valence-electron chi connectivity index (χ3n) is 4.24. The van der Waals surface area contributed by atoms with Crippen LogP contribution in [0.4, 0.5) is 0 Å². The SMILES string of the molecule is Cc1cc(CCCCCN)c(C)c(Oc2c(C)cc(Cl)cc2C)n1. The van der Waals surface area contributed by atoms with E-state index in [9.17, 15) is 0 Å². The fourth-order valence-electron chi connectivity index (χ4n) is 2.92. The molecule has 130 valence electrons. The van der Waals surface area contributed by atoms with Crippen LogP contribution in [0, 0.1) is 27.7 Å². The molecule has 1 heterocycles. The van der Waals surface area contributed by atoms with Gasteiger partial charge in [-0.25, -0.2) is 4.98 Å². The highest BCUT2D eigenvalue weighted by atomic mass is 35.5. The summed E-state index contributed by atoms with van der Waals surface area (Å²) in [5, 5.41) is 0.729. The maximum absolute atomic E-state index is 6.18. The van der Waals surface area contributed by atoms with Crippen molar-refractivity contribution >= 4 is 11.6 Å². The van der Waals surface area contributed by atoms with Gasteiger partial charge in [0, 0.05) is 16.3 Å². The summed E-state index contributed by atoms with van der Waals surface area (Å²) in [6.07, 6.45) is 4.41. The molecule has 2 rings (SSSR count). The summed E-state index contributed by atoms with van der Waals surface area (Å²) in [4.78, 5) is 4.60. The van der Waals surface area contributed by atoms with E-state index in [1.807, 2.05) is 32.9 Å². The average molecular weight is 347 g/mol. The van der Waals surface area contributed by atoms with E-state index in [4.69, 9.17) is 22.1 Å². The Morgan fingerprint density at radius 2 is 1.67 bits per heavy atom. The Balaban J connectivity index is 2.26. The Bertz CT molecular complexity index is 690. The molecule has 24 heavy (non-hydrogen) atoms. The average Bonchev–Trinajstić information content (AvgIpc) is 2.51. The molecule has 4 heteroatoms. The van der Waals surface area contributed by atoms with Gasteiger partial charge in [0.15, 0.2) is 0 Å². The molecule has 2 N–H and O–H groups in total. The summed E-state index contributed by atoms with van der Waals surface area (Å²) >= 11 is 6.11. The summed E-state index contributed by atoms with van der Waals surface area (Å²) in [6, 6.07) is 6.00. The second-order valence-electron chi connectivity index (χ2n) is 6.42. The second-order valence-corrected chi connectivity index (χ2v) is 6.86. The predicted octanol–water partition coefficient (Wildman–Crippen LogP) is 5.43. The Morgan fingerprint density at radius 3 is 2.29 bits per heavy atom. The van der Waals surface area contributed by atoms with Gasteiger partial charge in [-0.05, 0) is 88.4 Å². The molecular formula is C20H27ClN2O. The van der Waals surface area contributed by atoms with Gasteiger partial charge in [0.1, 0.15) is 5.75 Å². The lowest BCUT2D eigenvalue weighted by molar-refractivity contribution is 0.449. The number of nitrogens with two attached hydrogens (primary N) is 1. The number of ether oxygens (including phenoxy) is 1. The summed E-state index contributed by atoms with van der Waals surface area (Å²) in [6.45, 7) is 8.87. The standard InChI is InChI=1S/C20H27ClN2O/c1-13-10-18(21)11-14(2)19(13)24-20-16(4)17(12-15(3)23-20)8-6-5-7-9-22/h10-12H,5-9,22H2,1-4H3. The zero-order valence-corrected chi connectivity index (χ0v) is 15.8. The molecule has 0 unspecified atom stereocenters. The van der Waals surface area contributed by atoms with Crippen molar-refractivity contribution in [3.8, 4) is 11.6 Å². The van der Waals surface area contributed by atoms with Crippen LogP contribution in [0.3, 0.4) is 0 Å². The van der Waals surface area contributed by atoms with Gasteiger partial charge >= 0.3 is 0 Å². The number of hydrogen-bond donors (Lipinski definition) is 1. The zero-order valence-electron chi connectivity index (χ0n) is 15.1. The minimum atomic E-state index is 0.692. The molecule has 2 aromatic rings. The van der Waals surface area contributed by atoms with Crippen LogP contribution in [0.1, 0.15) is 47.2 Å². The first kappa shape index (κ1) is 18.8. The molecule has 0 aliphatic carbocycles. The van der Waals surface area contributed by atoms with E-state index >= 15 is 0 Å². The molecular weight excluding hydrogens is 320 g/mol. The van der Waals surface area contributed by atoms with E-state index in [0.29, 0.717) is 5.88 Å². The van der Waals surface area contributed by atoms with Crippen LogP contribution in [0.2, 0.25) is 5.02 Å². The van der Waals surface area contributed by atoms with Gasteiger partial charge in [0.2, 0.25) is 5.88 Å². The highest BCUT2D eigenvalue weighted by Crippen LogP contribution is 2.33. The first-order valence-electron chi connectivity index (χ1n) is 8.54. The number of unbranched alkanes of at least 4 members (excludes halogenated alkanes) is 2.